The van der Waals surface area contributed by atoms with E-state index in [-0.39, 0.29) is 10.8 Å². The molecule has 0 saturated carbocycles. The van der Waals surface area contributed by atoms with Gasteiger partial charge in [0.1, 0.15) is 5.75 Å². The number of fused-ring (bicyclic) bond motifs is 1. The van der Waals surface area contributed by atoms with Crippen LogP contribution >= 0.6 is 11.3 Å². The van der Waals surface area contributed by atoms with Crippen molar-refractivity contribution in [1.82, 2.24) is 9.29 Å². The van der Waals surface area contributed by atoms with Crippen LogP contribution in [-0.4, -0.2) is 57.0 Å². The lowest BCUT2D eigenvalue weighted by Gasteiger charge is -2.26. The van der Waals surface area contributed by atoms with Crippen LogP contribution in [0.15, 0.2) is 77.7 Å². The van der Waals surface area contributed by atoms with E-state index in [4.69, 9.17) is 14.5 Å². The molecule has 186 valence electrons. The first-order chi connectivity index (χ1) is 17.5. The first-order valence-corrected chi connectivity index (χ1v) is 13.7. The number of morpholine rings is 1. The van der Waals surface area contributed by atoms with Crippen LogP contribution < -0.4 is 9.64 Å². The van der Waals surface area contributed by atoms with E-state index >= 15 is 0 Å². The molecule has 0 spiro atoms. The normalized spacial score (nSPS) is 14.6. The molecule has 10 heteroatoms. The number of hydrogen-bond acceptors (Lipinski definition) is 7. The van der Waals surface area contributed by atoms with E-state index in [2.05, 4.69) is 0 Å². The van der Waals surface area contributed by atoms with Crippen LogP contribution in [0.2, 0.25) is 0 Å². The highest BCUT2D eigenvalue weighted by Gasteiger charge is 2.27. The predicted octanol–water partition coefficient (Wildman–Crippen LogP) is 4.17. The molecule has 3 aromatic carbocycles. The maximum Gasteiger partial charge on any atom is 0.260 e. The number of amides is 1. The van der Waals surface area contributed by atoms with Crippen LogP contribution in [0.5, 0.6) is 5.75 Å². The molecule has 0 atom stereocenters. The number of aromatic nitrogens is 1. The molecule has 0 aliphatic carbocycles. The standard InChI is InChI=1S/C26H25N3O5S2/c1-33-21-9-12-24-23(17-21)27-26(35-24)29(18-19-5-3-2-4-6-19)25(30)20-7-10-22(11-8-20)36(31,32)28-13-15-34-16-14-28/h2-12,17H,13-16,18H2,1H3. The van der Waals surface area contributed by atoms with Crippen molar-refractivity contribution in [2.75, 3.05) is 38.3 Å². The molecular formula is C26H25N3O5S2. The summed E-state index contributed by atoms with van der Waals surface area (Å²) < 4.78 is 38.9. The van der Waals surface area contributed by atoms with Crippen molar-refractivity contribution in [3.8, 4) is 5.75 Å². The van der Waals surface area contributed by atoms with Crippen LogP contribution in [0, 0.1) is 0 Å². The van der Waals surface area contributed by atoms with Crippen LogP contribution in [0.3, 0.4) is 0 Å². The van der Waals surface area contributed by atoms with Crippen LogP contribution in [0.4, 0.5) is 5.13 Å². The van der Waals surface area contributed by atoms with Gasteiger partial charge in [-0.15, -0.1) is 0 Å². The summed E-state index contributed by atoms with van der Waals surface area (Å²) in [5, 5.41) is 0.553. The molecule has 0 bridgehead atoms. The summed E-state index contributed by atoms with van der Waals surface area (Å²) in [4.78, 5) is 20.2. The number of sulfonamides is 1. The lowest BCUT2D eigenvalue weighted by molar-refractivity contribution is 0.0730. The van der Waals surface area contributed by atoms with E-state index in [1.54, 1.807) is 24.1 Å². The Morgan fingerprint density at radius 2 is 1.78 bits per heavy atom. The molecule has 1 aliphatic rings. The number of benzene rings is 3. The van der Waals surface area contributed by atoms with Crippen molar-refractivity contribution < 1.29 is 22.7 Å². The summed E-state index contributed by atoms with van der Waals surface area (Å²) in [7, 11) is -2.04. The van der Waals surface area contributed by atoms with Gasteiger partial charge >= 0.3 is 0 Å². The Balaban J connectivity index is 1.47. The van der Waals surface area contributed by atoms with Gasteiger partial charge in [0.05, 0.1) is 42.0 Å². The molecule has 0 radical (unpaired) electrons. The SMILES string of the molecule is COc1ccc2sc(N(Cc3ccccc3)C(=O)c3ccc(S(=O)(=O)N4CCOCC4)cc3)nc2c1. The highest BCUT2D eigenvalue weighted by molar-refractivity contribution is 7.89. The number of hydrogen-bond donors (Lipinski definition) is 0. The number of rotatable bonds is 7. The van der Waals surface area contributed by atoms with Gasteiger partial charge in [-0.3, -0.25) is 9.69 Å². The zero-order valence-corrected chi connectivity index (χ0v) is 21.3. The molecule has 1 saturated heterocycles. The highest BCUT2D eigenvalue weighted by Crippen LogP contribution is 2.33. The summed E-state index contributed by atoms with van der Waals surface area (Å²) in [6.45, 7) is 1.70. The molecule has 1 aliphatic heterocycles. The van der Waals surface area contributed by atoms with Gasteiger partial charge in [-0.1, -0.05) is 41.7 Å². The molecule has 0 unspecified atom stereocenters. The van der Waals surface area contributed by atoms with Crippen LogP contribution in [0.25, 0.3) is 10.2 Å². The summed E-state index contributed by atoms with van der Waals surface area (Å²) in [5.41, 5.74) is 2.07. The Kier molecular flexibility index (Phi) is 7.01. The van der Waals surface area contributed by atoms with Gasteiger partial charge in [0.25, 0.3) is 5.91 Å². The number of ether oxygens (including phenoxy) is 2. The number of methoxy groups -OCH3 is 1. The molecule has 1 fully saturated rings. The second-order valence-electron chi connectivity index (χ2n) is 8.25. The van der Waals surface area contributed by atoms with Gasteiger partial charge < -0.3 is 9.47 Å². The van der Waals surface area contributed by atoms with Crippen LogP contribution in [-0.2, 0) is 21.3 Å². The van der Waals surface area contributed by atoms with E-state index < -0.39 is 10.0 Å². The highest BCUT2D eigenvalue weighted by atomic mass is 32.2. The van der Waals surface area contributed by atoms with Crippen molar-refractivity contribution in [3.63, 3.8) is 0 Å². The number of carbonyl (C=O) groups is 1. The molecule has 36 heavy (non-hydrogen) atoms. The van der Waals surface area contributed by atoms with Crippen molar-refractivity contribution in [2.24, 2.45) is 0 Å². The lowest BCUT2D eigenvalue weighted by atomic mass is 10.1. The smallest absolute Gasteiger partial charge is 0.260 e. The summed E-state index contributed by atoms with van der Waals surface area (Å²) in [5.74, 6) is 0.428. The fraction of sp³-hybridized carbons (Fsp3) is 0.231. The Bertz CT molecular complexity index is 1460. The topological polar surface area (TPSA) is 89.0 Å². The van der Waals surface area contributed by atoms with Gasteiger partial charge in [-0.2, -0.15) is 4.31 Å². The second-order valence-corrected chi connectivity index (χ2v) is 11.2. The third-order valence-corrected chi connectivity index (χ3v) is 8.92. The Morgan fingerprint density at radius 1 is 1.06 bits per heavy atom. The van der Waals surface area contributed by atoms with E-state index in [1.807, 2.05) is 48.5 Å². The van der Waals surface area contributed by atoms with Crippen molar-refractivity contribution >= 4 is 42.6 Å². The summed E-state index contributed by atoms with van der Waals surface area (Å²) in [6, 6.07) is 21.4. The van der Waals surface area contributed by atoms with E-state index in [1.165, 1.54) is 27.8 Å². The molecule has 8 nitrogen and oxygen atoms in total. The van der Waals surface area contributed by atoms with Gasteiger partial charge in [-0.25, -0.2) is 13.4 Å². The molecular weight excluding hydrogens is 498 g/mol. The molecule has 2 heterocycles. The largest absolute Gasteiger partial charge is 0.497 e. The fourth-order valence-corrected chi connectivity index (χ4v) is 6.34. The first kappa shape index (κ1) is 24.4. The molecule has 5 rings (SSSR count). The zero-order chi connectivity index (χ0) is 25.1. The Morgan fingerprint density at radius 3 is 2.47 bits per heavy atom. The second kappa shape index (κ2) is 10.4. The third-order valence-electron chi connectivity index (χ3n) is 5.95. The zero-order valence-electron chi connectivity index (χ0n) is 19.7. The maximum absolute atomic E-state index is 13.7. The monoisotopic (exact) mass is 523 g/mol. The molecule has 4 aromatic rings. The van der Waals surface area contributed by atoms with Crippen LogP contribution in [0.1, 0.15) is 15.9 Å². The minimum absolute atomic E-state index is 0.155. The van der Waals surface area contributed by atoms with E-state index in [0.29, 0.717) is 49.3 Å². The average molecular weight is 524 g/mol. The fourth-order valence-electron chi connectivity index (χ4n) is 3.99. The minimum atomic E-state index is -3.64. The first-order valence-electron chi connectivity index (χ1n) is 11.4. The average Bonchev–Trinajstić information content (AvgIpc) is 3.35. The third kappa shape index (κ3) is 4.98. The van der Waals surface area contributed by atoms with Gasteiger partial charge in [0.15, 0.2) is 5.13 Å². The van der Waals surface area contributed by atoms with E-state index in [9.17, 15) is 13.2 Å². The lowest BCUT2D eigenvalue weighted by Crippen LogP contribution is -2.40. The van der Waals surface area contributed by atoms with E-state index in [0.717, 1.165) is 15.8 Å². The molecule has 1 aromatic heterocycles. The predicted molar refractivity (Wildman–Crippen MR) is 139 cm³/mol. The minimum Gasteiger partial charge on any atom is -0.497 e. The molecule has 1 amide bonds. The van der Waals surface area contributed by atoms with Gasteiger partial charge in [-0.05, 0) is 42.0 Å². The van der Waals surface area contributed by atoms with Crippen molar-refractivity contribution in [2.45, 2.75) is 11.4 Å². The van der Waals surface area contributed by atoms with Gasteiger partial charge in [0, 0.05) is 24.7 Å². The summed E-state index contributed by atoms with van der Waals surface area (Å²) in [6.07, 6.45) is 0. The number of thiazole rings is 1. The Hall–Kier alpha value is -3.31. The number of nitrogens with zero attached hydrogens (tertiary/aromatic N) is 3. The van der Waals surface area contributed by atoms with Crippen molar-refractivity contribution in [1.29, 1.82) is 0 Å². The number of carbonyl (C=O) groups excluding carboxylic acids is 1. The quantitative estimate of drug-likeness (QED) is 0.361. The van der Waals surface area contributed by atoms with Gasteiger partial charge in [0.2, 0.25) is 10.0 Å². The molecule has 0 N–H and O–H groups in total. The summed E-state index contributed by atoms with van der Waals surface area (Å²) >= 11 is 1.42. The number of anilines is 1. The van der Waals surface area contributed by atoms with Crippen molar-refractivity contribution in [3.05, 3.63) is 83.9 Å². The Labute approximate surface area is 213 Å². The maximum atomic E-state index is 13.7.